The van der Waals surface area contributed by atoms with Crippen molar-refractivity contribution in [2.24, 2.45) is 0 Å². The maximum absolute atomic E-state index is 14.6. The van der Waals surface area contributed by atoms with E-state index in [9.17, 15) is 24.2 Å². The minimum atomic E-state index is -0.874. The fourth-order valence-corrected chi connectivity index (χ4v) is 7.58. The fourth-order valence-electron chi connectivity index (χ4n) is 6.66. The molecule has 12 heteroatoms. The Morgan fingerprint density at radius 2 is 1.85 bits per heavy atom. The second-order valence-corrected chi connectivity index (χ2v) is 13.7. The average molecular weight is 679 g/mol. The van der Waals surface area contributed by atoms with E-state index >= 15 is 0 Å². The van der Waals surface area contributed by atoms with Gasteiger partial charge in [0.15, 0.2) is 0 Å². The van der Waals surface area contributed by atoms with Crippen molar-refractivity contribution in [3.63, 3.8) is 0 Å². The number of nitrogens with zero attached hydrogens (tertiary/aromatic N) is 2. The van der Waals surface area contributed by atoms with E-state index in [4.69, 9.17) is 9.47 Å². The van der Waals surface area contributed by atoms with Crippen molar-refractivity contribution in [3.8, 4) is 5.75 Å². The maximum Gasteiger partial charge on any atom is 0.305 e. The SMILES string of the molecule is O=C(COCCc1ccccc1)N1CCOC2(CCN(Cc3cc(F)cc(CCNCC(O)c4ccc(O)c5[nH]c(=O)sc45)c3)CC2)C1. The van der Waals surface area contributed by atoms with Gasteiger partial charge in [-0.15, -0.1) is 0 Å². The van der Waals surface area contributed by atoms with E-state index in [0.29, 0.717) is 61.6 Å². The molecule has 1 unspecified atom stereocenters. The molecular formula is C36H43FN4O6S. The molecule has 2 aliphatic heterocycles. The number of halogens is 1. The highest BCUT2D eigenvalue weighted by Crippen LogP contribution is 2.32. The number of rotatable bonds is 13. The summed E-state index contributed by atoms with van der Waals surface area (Å²) in [6.07, 6.45) is 2.08. The van der Waals surface area contributed by atoms with Crippen LogP contribution in [0.2, 0.25) is 0 Å². The molecule has 1 amide bonds. The van der Waals surface area contributed by atoms with Gasteiger partial charge in [-0.2, -0.15) is 0 Å². The monoisotopic (exact) mass is 678 g/mol. The van der Waals surface area contributed by atoms with Gasteiger partial charge >= 0.3 is 4.87 Å². The van der Waals surface area contributed by atoms with Crippen molar-refractivity contribution >= 4 is 27.5 Å². The third-order valence-electron chi connectivity index (χ3n) is 9.27. The van der Waals surface area contributed by atoms with E-state index in [0.717, 1.165) is 54.8 Å². The number of aromatic hydroxyl groups is 1. The van der Waals surface area contributed by atoms with E-state index in [-0.39, 0.29) is 41.1 Å². The smallest absolute Gasteiger partial charge is 0.305 e. The number of aliphatic hydroxyl groups excluding tert-OH is 1. The number of aromatic amines is 1. The number of hydrogen-bond acceptors (Lipinski definition) is 9. The molecule has 4 aromatic rings. The Morgan fingerprint density at radius 1 is 1.06 bits per heavy atom. The first-order valence-electron chi connectivity index (χ1n) is 16.5. The molecule has 1 spiro atoms. The molecule has 256 valence electrons. The van der Waals surface area contributed by atoms with Crippen LogP contribution in [0.4, 0.5) is 4.39 Å². The van der Waals surface area contributed by atoms with Crippen LogP contribution in [0.3, 0.4) is 0 Å². The van der Waals surface area contributed by atoms with Gasteiger partial charge in [-0.05, 0) is 67.1 Å². The largest absolute Gasteiger partial charge is 0.506 e. The van der Waals surface area contributed by atoms with Crippen molar-refractivity contribution in [1.29, 1.82) is 0 Å². The van der Waals surface area contributed by atoms with E-state index in [1.54, 1.807) is 18.2 Å². The number of carbonyl (C=O) groups excluding carboxylic acids is 1. The molecule has 0 aliphatic carbocycles. The first-order valence-corrected chi connectivity index (χ1v) is 17.4. The van der Waals surface area contributed by atoms with Gasteiger partial charge in [0.05, 0.1) is 29.6 Å². The summed E-state index contributed by atoms with van der Waals surface area (Å²) < 4.78 is 27.1. The molecule has 0 radical (unpaired) electrons. The van der Waals surface area contributed by atoms with Gasteiger partial charge in [0.25, 0.3) is 0 Å². The number of phenolic OH excluding ortho intramolecular Hbond substituents is 1. The zero-order valence-corrected chi connectivity index (χ0v) is 27.8. The van der Waals surface area contributed by atoms with Gasteiger partial charge in [0.2, 0.25) is 5.91 Å². The van der Waals surface area contributed by atoms with E-state index in [2.05, 4.69) is 27.3 Å². The van der Waals surface area contributed by atoms with Crippen molar-refractivity contribution in [2.45, 2.75) is 43.9 Å². The van der Waals surface area contributed by atoms with Crippen molar-refractivity contribution in [1.82, 2.24) is 20.1 Å². The molecule has 10 nitrogen and oxygen atoms in total. The predicted octanol–water partition coefficient (Wildman–Crippen LogP) is 3.75. The molecule has 1 aromatic heterocycles. The highest BCUT2D eigenvalue weighted by Gasteiger charge is 2.41. The van der Waals surface area contributed by atoms with Crippen LogP contribution in [0.15, 0.2) is 65.5 Å². The number of hydrogen-bond donors (Lipinski definition) is 4. The highest BCUT2D eigenvalue weighted by molar-refractivity contribution is 7.16. The number of ether oxygens (including phenoxy) is 2. The number of carbonyl (C=O) groups is 1. The number of likely N-dealkylation sites (tertiary alicyclic amines) is 1. The van der Waals surface area contributed by atoms with Crippen LogP contribution in [0.25, 0.3) is 10.2 Å². The van der Waals surface area contributed by atoms with Crippen LogP contribution in [-0.4, -0.2) is 95.6 Å². The number of fused-ring (bicyclic) bond motifs is 1. The number of benzene rings is 3. The van der Waals surface area contributed by atoms with Crippen molar-refractivity contribution < 1.29 is 28.9 Å². The number of aromatic nitrogens is 1. The summed E-state index contributed by atoms with van der Waals surface area (Å²) >= 11 is 0.953. The van der Waals surface area contributed by atoms with E-state index < -0.39 is 6.10 Å². The highest BCUT2D eigenvalue weighted by atomic mass is 32.1. The van der Waals surface area contributed by atoms with Gasteiger partial charge in [-0.25, -0.2) is 4.39 Å². The molecule has 48 heavy (non-hydrogen) atoms. The standard InChI is InChI=1S/C36H43FN4O6S/c37-28-19-26(8-12-38-21-31(43)29-6-7-30(42)33-34(29)48-35(45)39-33)18-27(20-28)22-40-13-10-36(11-14-40)24-41(15-17-47-36)32(44)23-46-16-9-25-4-2-1-3-5-25/h1-7,18-20,31,38,42-43H,8-17,21-24H2,(H,39,45). The third kappa shape index (κ3) is 8.68. The zero-order valence-electron chi connectivity index (χ0n) is 27.0. The second-order valence-electron chi connectivity index (χ2n) is 12.7. The lowest BCUT2D eigenvalue weighted by atomic mass is 9.89. The van der Waals surface area contributed by atoms with Crippen LogP contribution in [0, 0.1) is 5.82 Å². The fraction of sp³-hybridized carbons (Fsp3) is 0.444. The number of aliphatic hydroxyl groups is 1. The maximum atomic E-state index is 14.6. The number of morpholine rings is 1. The normalized spacial score (nSPS) is 17.2. The lowest BCUT2D eigenvalue weighted by molar-refractivity contribution is -0.163. The van der Waals surface area contributed by atoms with Gasteiger partial charge in [0.1, 0.15) is 23.7 Å². The summed E-state index contributed by atoms with van der Waals surface area (Å²) in [5.41, 5.74) is 3.50. The lowest BCUT2D eigenvalue weighted by Crippen LogP contribution is -2.58. The molecule has 4 N–H and O–H groups in total. The van der Waals surface area contributed by atoms with Gasteiger partial charge in [0, 0.05) is 44.8 Å². The predicted molar refractivity (Wildman–Crippen MR) is 183 cm³/mol. The number of H-pyrrole nitrogens is 1. The third-order valence-corrected chi connectivity index (χ3v) is 10.2. The molecule has 6 rings (SSSR count). The first kappa shape index (κ1) is 34.2. The van der Waals surface area contributed by atoms with Crippen molar-refractivity contribution in [2.75, 3.05) is 59.1 Å². The molecule has 2 fully saturated rings. The van der Waals surface area contributed by atoms with Crippen LogP contribution in [-0.2, 0) is 33.7 Å². The Labute approximate surface area is 283 Å². The van der Waals surface area contributed by atoms with Crippen LogP contribution < -0.4 is 10.2 Å². The Balaban J connectivity index is 0.937. The summed E-state index contributed by atoms with van der Waals surface area (Å²) in [4.78, 5) is 31.2. The van der Waals surface area contributed by atoms with E-state index in [1.807, 2.05) is 29.2 Å². The summed E-state index contributed by atoms with van der Waals surface area (Å²) in [6, 6.07) is 18.3. The Bertz CT molecular complexity index is 1740. The molecule has 0 bridgehead atoms. The molecule has 1 atom stereocenters. The minimum Gasteiger partial charge on any atom is -0.506 e. The van der Waals surface area contributed by atoms with Gasteiger partial charge in [-0.3, -0.25) is 14.5 Å². The van der Waals surface area contributed by atoms with Crippen LogP contribution in [0.1, 0.15) is 41.2 Å². The molecular weight excluding hydrogens is 635 g/mol. The van der Waals surface area contributed by atoms with Crippen molar-refractivity contribution in [3.05, 3.63) is 98.4 Å². The summed E-state index contributed by atoms with van der Waals surface area (Å²) in [5, 5.41) is 24.0. The first-order chi connectivity index (χ1) is 23.3. The minimum absolute atomic E-state index is 0.00103. The van der Waals surface area contributed by atoms with Gasteiger partial charge in [-0.1, -0.05) is 53.8 Å². The Kier molecular flexibility index (Phi) is 11.2. The molecule has 2 aliphatic rings. The molecule has 2 saturated heterocycles. The van der Waals surface area contributed by atoms with E-state index in [1.165, 1.54) is 11.6 Å². The zero-order chi connectivity index (χ0) is 33.5. The molecule has 3 heterocycles. The number of amides is 1. The quantitative estimate of drug-likeness (QED) is 0.158. The number of thiazole rings is 1. The van der Waals surface area contributed by atoms with Gasteiger partial charge < -0.3 is 34.9 Å². The Hall–Kier alpha value is -3.65. The van der Waals surface area contributed by atoms with Crippen LogP contribution in [0.5, 0.6) is 5.75 Å². The number of phenols is 1. The molecule has 3 aromatic carbocycles. The Morgan fingerprint density at radius 3 is 2.67 bits per heavy atom. The number of nitrogens with one attached hydrogen (secondary N) is 2. The summed E-state index contributed by atoms with van der Waals surface area (Å²) in [7, 11) is 0. The summed E-state index contributed by atoms with van der Waals surface area (Å²) in [5.74, 6) is -0.308. The number of piperidine rings is 1. The summed E-state index contributed by atoms with van der Waals surface area (Å²) in [6.45, 7) is 5.22. The molecule has 0 saturated carbocycles. The topological polar surface area (TPSA) is 127 Å². The second kappa shape index (κ2) is 15.7. The lowest BCUT2D eigenvalue weighted by Gasteiger charge is -2.47. The average Bonchev–Trinajstić information content (AvgIpc) is 3.49. The van der Waals surface area contributed by atoms with Crippen LogP contribution >= 0.6 is 11.3 Å².